The highest BCUT2D eigenvalue weighted by Crippen LogP contribution is 2.27. The number of carbonyl (C=O) groups is 1. The number of hydrogen-bond donors (Lipinski definition) is 0. The average molecular weight is 449 g/mol. The molecule has 5 nitrogen and oxygen atoms in total. The summed E-state index contributed by atoms with van der Waals surface area (Å²) in [6.07, 6.45) is 4.82. The third kappa shape index (κ3) is 5.43. The maximum atomic E-state index is 13.1. The first kappa shape index (κ1) is 22.6. The summed E-state index contributed by atoms with van der Waals surface area (Å²) in [6.45, 7) is 7.43. The molecule has 1 saturated heterocycles. The molecule has 168 valence electrons. The van der Waals surface area contributed by atoms with Gasteiger partial charge in [0.2, 0.25) is 0 Å². The topological polar surface area (TPSA) is 49.3 Å². The van der Waals surface area contributed by atoms with E-state index in [-0.39, 0.29) is 11.9 Å². The van der Waals surface area contributed by atoms with Gasteiger partial charge in [0.05, 0.1) is 0 Å². The molecule has 6 heteroatoms. The van der Waals surface area contributed by atoms with Gasteiger partial charge >= 0.3 is 0 Å². The molecular formula is C26H32N4OS. The number of hydrogen-bond acceptors (Lipinski definition) is 5. The maximum absolute atomic E-state index is 13.1. The van der Waals surface area contributed by atoms with Crippen molar-refractivity contribution in [2.45, 2.75) is 45.1 Å². The molecule has 1 aromatic carbocycles. The van der Waals surface area contributed by atoms with Crippen molar-refractivity contribution in [2.24, 2.45) is 0 Å². The van der Waals surface area contributed by atoms with Gasteiger partial charge in [0.1, 0.15) is 10.7 Å². The minimum Gasteiger partial charge on any atom is -0.337 e. The zero-order chi connectivity index (χ0) is 22.5. The van der Waals surface area contributed by atoms with Crippen LogP contribution in [-0.4, -0.2) is 58.4 Å². The van der Waals surface area contributed by atoms with E-state index >= 15 is 0 Å². The Labute approximate surface area is 195 Å². The van der Waals surface area contributed by atoms with Crippen LogP contribution in [0.25, 0.3) is 10.6 Å². The zero-order valence-corrected chi connectivity index (χ0v) is 20.0. The maximum Gasteiger partial charge on any atom is 0.273 e. The van der Waals surface area contributed by atoms with Crippen molar-refractivity contribution in [3.8, 4) is 10.6 Å². The van der Waals surface area contributed by atoms with Gasteiger partial charge in [-0.15, -0.1) is 11.3 Å². The van der Waals surface area contributed by atoms with E-state index < -0.39 is 0 Å². The number of aromatic nitrogens is 2. The molecule has 0 saturated carbocycles. The molecule has 0 radical (unpaired) electrons. The zero-order valence-electron chi connectivity index (χ0n) is 19.2. The lowest BCUT2D eigenvalue weighted by molar-refractivity contribution is 0.0638. The van der Waals surface area contributed by atoms with E-state index in [2.05, 4.69) is 59.0 Å². The van der Waals surface area contributed by atoms with Gasteiger partial charge in [0.25, 0.3) is 5.91 Å². The van der Waals surface area contributed by atoms with E-state index in [1.54, 1.807) is 11.3 Å². The predicted molar refractivity (Wildman–Crippen MR) is 131 cm³/mol. The largest absolute Gasteiger partial charge is 0.337 e. The third-order valence-electron chi connectivity index (χ3n) is 6.38. The van der Waals surface area contributed by atoms with Crippen LogP contribution in [0.5, 0.6) is 0 Å². The Bertz CT molecular complexity index is 1010. The van der Waals surface area contributed by atoms with Crippen LogP contribution in [0.4, 0.5) is 0 Å². The average Bonchev–Trinajstić information content (AvgIpc) is 3.33. The van der Waals surface area contributed by atoms with Crippen molar-refractivity contribution in [1.82, 2.24) is 19.8 Å². The Morgan fingerprint density at radius 2 is 1.91 bits per heavy atom. The third-order valence-corrected chi connectivity index (χ3v) is 7.27. The lowest BCUT2D eigenvalue weighted by atomic mass is 10.0. The summed E-state index contributed by atoms with van der Waals surface area (Å²) in [5, 5.41) is 2.80. The first-order valence-corrected chi connectivity index (χ1v) is 12.3. The molecule has 0 N–H and O–H groups in total. The van der Waals surface area contributed by atoms with Gasteiger partial charge in [0.15, 0.2) is 0 Å². The van der Waals surface area contributed by atoms with E-state index in [4.69, 9.17) is 0 Å². The normalized spacial score (nSPS) is 15.2. The number of benzene rings is 1. The molecular weight excluding hydrogens is 416 g/mol. The number of nitrogens with zero attached hydrogens (tertiary/aromatic N) is 4. The quantitative estimate of drug-likeness (QED) is 0.504. The van der Waals surface area contributed by atoms with Gasteiger partial charge < -0.3 is 9.80 Å². The fraction of sp³-hybridized carbons (Fsp3) is 0.423. The Morgan fingerprint density at radius 1 is 1.16 bits per heavy atom. The van der Waals surface area contributed by atoms with Crippen LogP contribution in [0.1, 0.15) is 54.4 Å². The second-order valence-corrected chi connectivity index (χ2v) is 9.73. The Balaban J connectivity index is 1.30. The highest BCUT2D eigenvalue weighted by molar-refractivity contribution is 7.13. The Morgan fingerprint density at radius 3 is 2.56 bits per heavy atom. The van der Waals surface area contributed by atoms with Gasteiger partial charge in [0, 0.05) is 62.0 Å². The van der Waals surface area contributed by atoms with Crippen LogP contribution in [-0.2, 0) is 6.42 Å². The molecule has 0 bridgehead atoms. The number of amides is 1. The smallest absolute Gasteiger partial charge is 0.273 e. The van der Waals surface area contributed by atoms with Gasteiger partial charge in [-0.3, -0.25) is 9.78 Å². The van der Waals surface area contributed by atoms with Crippen LogP contribution in [0.3, 0.4) is 0 Å². The SMILES string of the molecule is CC(C)c1ccc(-c2nc(C(=O)N(C)C3CCN(CCc4ccccn4)CC3)cs2)cc1. The number of thiazole rings is 1. The summed E-state index contributed by atoms with van der Waals surface area (Å²) in [6, 6.07) is 14.9. The molecule has 1 fully saturated rings. The van der Waals surface area contributed by atoms with Crippen molar-refractivity contribution in [3.63, 3.8) is 0 Å². The number of rotatable bonds is 7. The number of carbonyl (C=O) groups excluding carboxylic acids is 1. The highest BCUT2D eigenvalue weighted by Gasteiger charge is 2.27. The van der Waals surface area contributed by atoms with Crippen molar-refractivity contribution >= 4 is 17.2 Å². The summed E-state index contributed by atoms with van der Waals surface area (Å²) in [4.78, 5) is 26.5. The summed E-state index contributed by atoms with van der Waals surface area (Å²) in [5.41, 5.74) is 4.08. The minimum absolute atomic E-state index is 0.0261. The van der Waals surface area contributed by atoms with Crippen molar-refractivity contribution in [1.29, 1.82) is 0 Å². The van der Waals surface area contributed by atoms with Crippen molar-refractivity contribution < 1.29 is 4.79 Å². The standard InChI is InChI=1S/C26H32N4OS/c1-19(2)20-7-9-21(10-8-20)25-28-24(18-32-25)26(31)29(3)23-12-16-30(17-13-23)15-11-22-6-4-5-14-27-22/h4-10,14,18-19,23H,11-13,15-17H2,1-3H3. The van der Waals surface area contributed by atoms with Crippen LogP contribution >= 0.6 is 11.3 Å². The van der Waals surface area contributed by atoms with Gasteiger partial charge in [-0.05, 0) is 36.5 Å². The summed E-state index contributed by atoms with van der Waals surface area (Å²) in [5.74, 6) is 0.533. The van der Waals surface area contributed by atoms with E-state index in [9.17, 15) is 4.79 Å². The van der Waals surface area contributed by atoms with Gasteiger partial charge in [-0.2, -0.15) is 0 Å². The predicted octanol–water partition coefficient (Wildman–Crippen LogP) is 5.11. The molecule has 32 heavy (non-hydrogen) atoms. The molecule has 0 unspecified atom stereocenters. The van der Waals surface area contributed by atoms with E-state index in [0.717, 1.165) is 55.2 Å². The second-order valence-electron chi connectivity index (χ2n) is 8.87. The summed E-state index contributed by atoms with van der Waals surface area (Å²) < 4.78 is 0. The lowest BCUT2D eigenvalue weighted by Crippen LogP contribution is -2.46. The fourth-order valence-electron chi connectivity index (χ4n) is 4.21. The van der Waals surface area contributed by atoms with Crippen LogP contribution in [0, 0.1) is 0 Å². The molecule has 4 rings (SSSR count). The Hall–Kier alpha value is -2.57. The van der Waals surface area contributed by atoms with Crippen molar-refractivity contribution in [2.75, 3.05) is 26.7 Å². The Kier molecular flexibility index (Phi) is 7.33. The molecule has 1 aliphatic rings. The van der Waals surface area contributed by atoms with Crippen LogP contribution in [0.2, 0.25) is 0 Å². The molecule has 1 amide bonds. The molecule has 3 aromatic rings. The second kappa shape index (κ2) is 10.4. The fourth-order valence-corrected chi connectivity index (χ4v) is 5.01. The molecule has 0 spiro atoms. The molecule has 3 heterocycles. The first-order chi connectivity index (χ1) is 15.5. The van der Waals surface area contributed by atoms with E-state index in [1.807, 2.05) is 35.7 Å². The molecule has 2 aromatic heterocycles. The summed E-state index contributed by atoms with van der Waals surface area (Å²) in [7, 11) is 1.92. The van der Waals surface area contributed by atoms with E-state index in [0.29, 0.717) is 11.6 Å². The molecule has 1 aliphatic heterocycles. The monoisotopic (exact) mass is 448 g/mol. The highest BCUT2D eigenvalue weighted by atomic mass is 32.1. The van der Waals surface area contributed by atoms with Crippen LogP contribution in [0.15, 0.2) is 54.0 Å². The molecule has 0 atom stereocenters. The number of piperidine rings is 1. The first-order valence-electron chi connectivity index (χ1n) is 11.5. The lowest BCUT2D eigenvalue weighted by Gasteiger charge is -2.36. The van der Waals surface area contributed by atoms with Crippen LogP contribution < -0.4 is 0 Å². The number of pyridine rings is 1. The van der Waals surface area contributed by atoms with Crippen molar-refractivity contribution in [3.05, 3.63) is 71.0 Å². The molecule has 0 aliphatic carbocycles. The number of likely N-dealkylation sites (tertiary alicyclic amines) is 1. The van der Waals surface area contributed by atoms with E-state index in [1.165, 1.54) is 5.56 Å². The van der Waals surface area contributed by atoms with Gasteiger partial charge in [-0.25, -0.2) is 4.98 Å². The van der Waals surface area contributed by atoms with Gasteiger partial charge in [-0.1, -0.05) is 44.2 Å². The summed E-state index contributed by atoms with van der Waals surface area (Å²) >= 11 is 1.54. The minimum atomic E-state index is 0.0261.